The fourth-order valence-electron chi connectivity index (χ4n) is 3.40. The molecular weight excluding hydrogens is 246 g/mol. The second kappa shape index (κ2) is 4.85. The highest BCUT2D eigenvalue weighted by Gasteiger charge is 2.36. The summed E-state index contributed by atoms with van der Waals surface area (Å²) in [6.07, 6.45) is 6.81. The number of hydrogen-bond acceptors (Lipinski definition) is 2. The molecule has 20 heavy (non-hydrogen) atoms. The molecule has 3 rings (SSSR count). The molecule has 1 aliphatic carbocycles. The average Bonchev–Trinajstić information content (AvgIpc) is 2.58. The van der Waals surface area contributed by atoms with E-state index in [2.05, 4.69) is 31.0 Å². The smallest absolute Gasteiger partial charge is 0.0917 e. The number of fused-ring (bicyclic) bond motifs is 1. The van der Waals surface area contributed by atoms with E-state index in [9.17, 15) is 5.11 Å². The van der Waals surface area contributed by atoms with Crippen molar-refractivity contribution in [1.29, 1.82) is 0 Å². The third-order valence-corrected chi connectivity index (χ3v) is 4.79. The maximum absolute atomic E-state index is 11.2. The van der Waals surface area contributed by atoms with Crippen LogP contribution in [0.1, 0.15) is 51.5 Å². The molecule has 1 aromatic carbocycles. The van der Waals surface area contributed by atoms with Crippen molar-refractivity contribution in [3.8, 4) is 0 Å². The van der Waals surface area contributed by atoms with E-state index in [0.29, 0.717) is 5.41 Å². The minimum absolute atomic E-state index is 0.336. The van der Waals surface area contributed by atoms with E-state index in [1.807, 2.05) is 24.4 Å². The molecule has 2 heteroatoms. The van der Waals surface area contributed by atoms with Crippen LogP contribution in [0.15, 0.2) is 36.5 Å². The standard InChI is InChI=1S/C18H23NO/c1-17(2)9-5-10-18(20,12-11-17)15-8-3-6-14-7-4-13-19-16(14)15/h3-4,6-8,13,20H,5,9-12H2,1-2H3. The van der Waals surface area contributed by atoms with Crippen LogP contribution in [0, 0.1) is 5.41 Å². The molecule has 0 spiro atoms. The van der Waals surface area contributed by atoms with Gasteiger partial charge in [-0.15, -0.1) is 0 Å². The number of rotatable bonds is 1. The van der Waals surface area contributed by atoms with Gasteiger partial charge < -0.3 is 5.11 Å². The summed E-state index contributed by atoms with van der Waals surface area (Å²) < 4.78 is 0. The van der Waals surface area contributed by atoms with Crippen molar-refractivity contribution in [3.05, 3.63) is 42.1 Å². The summed E-state index contributed by atoms with van der Waals surface area (Å²) in [6, 6.07) is 10.2. The van der Waals surface area contributed by atoms with Crippen molar-refractivity contribution >= 4 is 10.9 Å². The molecule has 0 amide bonds. The zero-order valence-electron chi connectivity index (χ0n) is 12.4. The highest BCUT2D eigenvalue weighted by Crippen LogP contribution is 2.44. The predicted octanol–water partition coefficient (Wildman–Crippen LogP) is 4.41. The molecule has 1 aliphatic rings. The Morgan fingerprint density at radius 3 is 2.65 bits per heavy atom. The first-order valence-electron chi connectivity index (χ1n) is 7.57. The minimum Gasteiger partial charge on any atom is -0.385 e. The molecule has 1 fully saturated rings. The van der Waals surface area contributed by atoms with E-state index in [0.717, 1.165) is 42.1 Å². The first-order chi connectivity index (χ1) is 9.50. The van der Waals surface area contributed by atoms with E-state index in [-0.39, 0.29) is 0 Å². The van der Waals surface area contributed by atoms with Gasteiger partial charge in [-0.2, -0.15) is 0 Å². The number of hydrogen-bond donors (Lipinski definition) is 1. The summed E-state index contributed by atoms with van der Waals surface area (Å²) >= 11 is 0. The molecule has 1 saturated carbocycles. The summed E-state index contributed by atoms with van der Waals surface area (Å²) in [5.41, 5.74) is 1.58. The van der Waals surface area contributed by atoms with Crippen LogP contribution in [0.25, 0.3) is 10.9 Å². The van der Waals surface area contributed by atoms with Gasteiger partial charge in [0.15, 0.2) is 0 Å². The quantitative estimate of drug-likeness (QED) is 0.778. The first-order valence-corrected chi connectivity index (χ1v) is 7.57. The Balaban J connectivity index is 2.05. The number of benzene rings is 1. The fraction of sp³-hybridized carbons (Fsp3) is 0.500. The minimum atomic E-state index is -0.721. The predicted molar refractivity (Wildman–Crippen MR) is 82.5 cm³/mol. The zero-order chi connectivity index (χ0) is 14.2. The monoisotopic (exact) mass is 269 g/mol. The second-order valence-electron chi connectivity index (χ2n) is 6.93. The van der Waals surface area contributed by atoms with Crippen molar-refractivity contribution in [3.63, 3.8) is 0 Å². The van der Waals surface area contributed by atoms with E-state index in [1.165, 1.54) is 6.42 Å². The number of aliphatic hydroxyl groups is 1. The van der Waals surface area contributed by atoms with Gasteiger partial charge >= 0.3 is 0 Å². The van der Waals surface area contributed by atoms with Crippen molar-refractivity contribution in [2.45, 2.75) is 51.6 Å². The molecular formula is C18H23NO. The van der Waals surface area contributed by atoms with Crippen LogP contribution in [0.3, 0.4) is 0 Å². The van der Waals surface area contributed by atoms with Gasteiger partial charge in [-0.1, -0.05) is 38.1 Å². The van der Waals surface area contributed by atoms with Gasteiger partial charge in [0.2, 0.25) is 0 Å². The summed E-state index contributed by atoms with van der Waals surface area (Å²) in [7, 11) is 0. The number of para-hydroxylation sites is 1. The molecule has 106 valence electrons. The lowest BCUT2D eigenvalue weighted by atomic mass is 9.82. The Morgan fingerprint density at radius 2 is 1.80 bits per heavy atom. The summed E-state index contributed by atoms with van der Waals surface area (Å²) in [4.78, 5) is 4.51. The van der Waals surface area contributed by atoms with Crippen molar-refractivity contribution in [2.75, 3.05) is 0 Å². The molecule has 1 N–H and O–H groups in total. The third-order valence-electron chi connectivity index (χ3n) is 4.79. The highest BCUT2D eigenvalue weighted by atomic mass is 16.3. The third kappa shape index (κ3) is 2.45. The molecule has 0 saturated heterocycles. The van der Waals surface area contributed by atoms with Gasteiger partial charge in [0.05, 0.1) is 11.1 Å². The maximum atomic E-state index is 11.2. The molecule has 0 radical (unpaired) electrons. The van der Waals surface area contributed by atoms with Crippen LogP contribution in [-0.2, 0) is 5.60 Å². The lowest BCUT2D eigenvalue weighted by molar-refractivity contribution is 0.0193. The van der Waals surface area contributed by atoms with Crippen molar-refractivity contribution in [2.24, 2.45) is 5.41 Å². The average molecular weight is 269 g/mol. The molecule has 1 heterocycles. The van der Waals surface area contributed by atoms with E-state index >= 15 is 0 Å². The molecule has 0 bridgehead atoms. The molecule has 0 aliphatic heterocycles. The van der Waals surface area contributed by atoms with Crippen LogP contribution in [0.2, 0.25) is 0 Å². The first kappa shape index (κ1) is 13.6. The fourth-order valence-corrected chi connectivity index (χ4v) is 3.40. The molecule has 1 aromatic heterocycles. The highest BCUT2D eigenvalue weighted by molar-refractivity contribution is 5.82. The van der Waals surface area contributed by atoms with Crippen molar-refractivity contribution < 1.29 is 5.11 Å². The maximum Gasteiger partial charge on any atom is 0.0917 e. The lowest BCUT2D eigenvalue weighted by Crippen LogP contribution is -2.25. The molecule has 1 unspecified atom stereocenters. The van der Waals surface area contributed by atoms with E-state index in [4.69, 9.17) is 0 Å². The van der Waals surface area contributed by atoms with Crippen molar-refractivity contribution in [1.82, 2.24) is 4.98 Å². The van der Waals surface area contributed by atoms with Gasteiger partial charge in [0, 0.05) is 17.1 Å². The normalized spacial score (nSPS) is 26.4. The topological polar surface area (TPSA) is 33.1 Å². The summed E-state index contributed by atoms with van der Waals surface area (Å²) in [6.45, 7) is 4.61. The Labute approximate surface area is 120 Å². The largest absolute Gasteiger partial charge is 0.385 e. The summed E-state index contributed by atoms with van der Waals surface area (Å²) in [5, 5.41) is 12.3. The molecule has 2 nitrogen and oxygen atoms in total. The lowest BCUT2D eigenvalue weighted by Gasteiger charge is -2.29. The second-order valence-corrected chi connectivity index (χ2v) is 6.93. The van der Waals surface area contributed by atoms with Gasteiger partial charge in [0.1, 0.15) is 0 Å². The van der Waals surface area contributed by atoms with Crippen LogP contribution >= 0.6 is 0 Å². The molecule has 1 atom stereocenters. The van der Waals surface area contributed by atoms with Crippen LogP contribution in [0.4, 0.5) is 0 Å². The molecule has 2 aromatic rings. The SMILES string of the molecule is CC1(C)CCCC(O)(c2cccc3cccnc23)CC1. The zero-order valence-corrected chi connectivity index (χ0v) is 12.4. The Morgan fingerprint density at radius 1 is 1.00 bits per heavy atom. The Hall–Kier alpha value is -1.41. The Kier molecular flexibility index (Phi) is 3.29. The van der Waals surface area contributed by atoms with Gasteiger partial charge in [-0.3, -0.25) is 4.98 Å². The number of pyridine rings is 1. The van der Waals surface area contributed by atoms with E-state index < -0.39 is 5.60 Å². The van der Waals surface area contributed by atoms with Gasteiger partial charge in [0.25, 0.3) is 0 Å². The number of nitrogens with zero attached hydrogens (tertiary/aromatic N) is 1. The van der Waals surface area contributed by atoms with Crippen LogP contribution in [-0.4, -0.2) is 10.1 Å². The van der Waals surface area contributed by atoms with Crippen LogP contribution in [0.5, 0.6) is 0 Å². The van der Waals surface area contributed by atoms with E-state index in [1.54, 1.807) is 0 Å². The Bertz CT molecular complexity index is 614. The van der Waals surface area contributed by atoms with Gasteiger partial charge in [-0.05, 0) is 43.6 Å². The summed E-state index contributed by atoms with van der Waals surface area (Å²) in [5.74, 6) is 0. The van der Waals surface area contributed by atoms with Gasteiger partial charge in [-0.25, -0.2) is 0 Å². The van der Waals surface area contributed by atoms with Crippen LogP contribution < -0.4 is 0 Å². The number of aromatic nitrogens is 1.